The van der Waals surface area contributed by atoms with Crippen LogP contribution in [0, 0.1) is 0 Å². The lowest BCUT2D eigenvalue weighted by molar-refractivity contribution is 0.100. The first-order chi connectivity index (χ1) is 6.79. The number of primary amides is 1. The van der Waals surface area contributed by atoms with E-state index in [0.717, 1.165) is 0 Å². The normalized spacial score (nSPS) is 10.0. The second-order valence-corrected chi connectivity index (χ2v) is 2.65. The van der Waals surface area contributed by atoms with Crippen LogP contribution in [0.3, 0.4) is 0 Å². The van der Waals surface area contributed by atoms with Crippen LogP contribution in [-0.2, 0) is 0 Å². The number of tetrazole rings is 1. The number of hydrogen-bond acceptors (Lipinski definition) is 4. The molecule has 0 saturated heterocycles. The predicted molar refractivity (Wildman–Crippen MR) is 48.1 cm³/mol. The van der Waals surface area contributed by atoms with Gasteiger partial charge in [-0.05, 0) is 11.3 Å². The summed E-state index contributed by atoms with van der Waals surface area (Å²) in [6, 6.07) is 6.83. The molecule has 1 heterocycles. The van der Waals surface area contributed by atoms with E-state index in [0.29, 0.717) is 17.0 Å². The number of nitrogens with one attached hydrogen (secondary N) is 1. The van der Waals surface area contributed by atoms with E-state index >= 15 is 0 Å². The molecule has 0 radical (unpaired) electrons. The molecule has 6 heteroatoms. The summed E-state index contributed by atoms with van der Waals surface area (Å²) < 4.78 is 0. The van der Waals surface area contributed by atoms with Gasteiger partial charge in [-0.15, -0.1) is 10.2 Å². The number of nitrogens with zero attached hydrogens (tertiary/aromatic N) is 3. The molecular weight excluding hydrogens is 182 g/mol. The SMILES string of the molecule is NC(=O)c1ccccc1-c1nn[nH]n1. The van der Waals surface area contributed by atoms with Crippen molar-refractivity contribution < 1.29 is 4.79 Å². The Balaban J connectivity index is 2.58. The summed E-state index contributed by atoms with van der Waals surface area (Å²) in [4.78, 5) is 11.1. The Labute approximate surface area is 79.1 Å². The van der Waals surface area contributed by atoms with Gasteiger partial charge in [0.2, 0.25) is 11.7 Å². The number of H-pyrrole nitrogens is 1. The van der Waals surface area contributed by atoms with Gasteiger partial charge in [0, 0.05) is 5.56 Å². The number of nitrogens with two attached hydrogens (primary N) is 1. The number of rotatable bonds is 2. The summed E-state index contributed by atoms with van der Waals surface area (Å²) in [5.41, 5.74) is 6.16. The van der Waals surface area contributed by atoms with E-state index in [9.17, 15) is 4.79 Å². The van der Waals surface area contributed by atoms with Gasteiger partial charge in [0.25, 0.3) is 0 Å². The van der Waals surface area contributed by atoms with Gasteiger partial charge in [-0.3, -0.25) is 4.79 Å². The first-order valence-corrected chi connectivity index (χ1v) is 3.91. The Kier molecular flexibility index (Phi) is 1.94. The molecule has 0 unspecified atom stereocenters. The number of hydrogen-bond donors (Lipinski definition) is 2. The number of carbonyl (C=O) groups is 1. The molecule has 0 saturated carbocycles. The highest BCUT2D eigenvalue weighted by Gasteiger charge is 2.11. The maximum Gasteiger partial charge on any atom is 0.249 e. The van der Waals surface area contributed by atoms with Crippen LogP contribution in [-0.4, -0.2) is 26.5 Å². The first kappa shape index (κ1) is 8.36. The van der Waals surface area contributed by atoms with Gasteiger partial charge < -0.3 is 5.73 Å². The molecule has 0 bridgehead atoms. The first-order valence-electron chi connectivity index (χ1n) is 3.91. The molecule has 0 atom stereocenters. The van der Waals surface area contributed by atoms with Crippen molar-refractivity contribution in [3.63, 3.8) is 0 Å². The second kappa shape index (κ2) is 3.25. The monoisotopic (exact) mass is 189 g/mol. The fourth-order valence-corrected chi connectivity index (χ4v) is 1.17. The van der Waals surface area contributed by atoms with Gasteiger partial charge in [0.05, 0.1) is 5.56 Å². The van der Waals surface area contributed by atoms with E-state index in [1.807, 2.05) is 0 Å². The highest BCUT2D eigenvalue weighted by molar-refractivity contribution is 5.98. The molecule has 0 fully saturated rings. The largest absolute Gasteiger partial charge is 0.366 e. The molecule has 1 aromatic carbocycles. The second-order valence-electron chi connectivity index (χ2n) is 2.65. The van der Waals surface area contributed by atoms with Crippen molar-refractivity contribution in [2.45, 2.75) is 0 Å². The molecule has 14 heavy (non-hydrogen) atoms. The number of amides is 1. The van der Waals surface area contributed by atoms with E-state index in [-0.39, 0.29) is 0 Å². The third kappa shape index (κ3) is 1.33. The Morgan fingerprint density at radius 1 is 1.36 bits per heavy atom. The van der Waals surface area contributed by atoms with E-state index < -0.39 is 5.91 Å². The molecule has 1 aromatic heterocycles. The fourth-order valence-electron chi connectivity index (χ4n) is 1.17. The van der Waals surface area contributed by atoms with E-state index in [4.69, 9.17) is 5.73 Å². The molecule has 1 amide bonds. The van der Waals surface area contributed by atoms with Gasteiger partial charge in [-0.2, -0.15) is 5.21 Å². The standard InChI is InChI=1S/C8H7N5O/c9-7(14)5-3-1-2-4-6(5)8-10-12-13-11-8/h1-4H,(H2,9,14)(H,10,11,12,13). The number of carbonyl (C=O) groups excluding carboxylic acids is 1. The predicted octanol–water partition coefficient (Wildman–Crippen LogP) is -0.0344. The zero-order valence-electron chi connectivity index (χ0n) is 7.14. The van der Waals surface area contributed by atoms with Crippen molar-refractivity contribution in [1.82, 2.24) is 20.6 Å². The third-order valence-electron chi connectivity index (χ3n) is 1.78. The Hall–Kier alpha value is -2.24. The maximum absolute atomic E-state index is 11.1. The molecule has 0 spiro atoms. The summed E-state index contributed by atoms with van der Waals surface area (Å²) in [7, 11) is 0. The molecule has 70 valence electrons. The molecule has 2 aromatic rings. The average Bonchev–Trinajstić information content (AvgIpc) is 2.70. The molecular formula is C8H7N5O. The van der Waals surface area contributed by atoms with Crippen LogP contribution >= 0.6 is 0 Å². The van der Waals surface area contributed by atoms with Gasteiger partial charge in [-0.1, -0.05) is 18.2 Å². The zero-order chi connectivity index (χ0) is 9.97. The molecule has 6 nitrogen and oxygen atoms in total. The lowest BCUT2D eigenvalue weighted by Gasteiger charge is -2.00. The number of aromatic nitrogens is 4. The summed E-state index contributed by atoms with van der Waals surface area (Å²) in [6.07, 6.45) is 0. The fraction of sp³-hybridized carbons (Fsp3) is 0. The Bertz CT molecular complexity index is 451. The third-order valence-corrected chi connectivity index (χ3v) is 1.78. The van der Waals surface area contributed by atoms with Crippen molar-refractivity contribution in [2.75, 3.05) is 0 Å². The van der Waals surface area contributed by atoms with Crippen LogP contribution in [0.2, 0.25) is 0 Å². The highest BCUT2D eigenvalue weighted by Crippen LogP contribution is 2.17. The Morgan fingerprint density at radius 2 is 2.14 bits per heavy atom. The Morgan fingerprint density at radius 3 is 2.79 bits per heavy atom. The van der Waals surface area contributed by atoms with E-state index in [1.165, 1.54) is 0 Å². The summed E-state index contributed by atoms with van der Waals surface area (Å²) in [6.45, 7) is 0. The summed E-state index contributed by atoms with van der Waals surface area (Å²) in [5, 5.41) is 13.3. The quantitative estimate of drug-likeness (QED) is 0.692. The van der Waals surface area contributed by atoms with E-state index in [2.05, 4.69) is 20.6 Å². The van der Waals surface area contributed by atoms with Crippen molar-refractivity contribution in [1.29, 1.82) is 0 Å². The summed E-state index contributed by atoms with van der Waals surface area (Å²) >= 11 is 0. The van der Waals surface area contributed by atoms with Crippen molar-refractivity contribution in [3.05, 3.63) is 29.8 Å². The van der Waals surface area contributed by atoms with Crippen LogP contribution in [0.1, 0.15) is 10.4 Å². The molecule has 3 N–H and O–H groups in total. The van der Waals surface area contributed by atoms with Gasteiger partial charge in [-0.25, -0.2) is 0 Å². The molecule has 2 rings (SSSR count). The molecule has 0 aliphatic heterocycles. The number of aromatic amines is 1. The van der Waals surface area contributed by atoms with Crippen LogP contribution in [0.5, 0.6) is 0 Å². The maximum atomic E-state index is 11.1. The lowest BCUT2D eigenvalue weighted by atomic mass is 10.1. The van der Waals surface area contributed by atoms with Crippen LogP contribution in [0.15, 0.2) is 24.3 Å². The van der Waals surface area contributed by atoms with Gasteiger partial charge in [0.15, 0.2) is 0 Å². The highest BCUT2D eigenvalue weighted by atomic mass is 16.1. The number of benzene rings is 1. The van der Waals surface area contributed by atoms with Crippen molar-refractivity contribution in [2.24, 2.45) is 5.73 Å². The lowest BCUT2D eigenvalue weighted by Crippen LogP contribution is -2.12. The van der Waals surface area contributed by atoms with Crippen LogP contribution < -0.4 is 5.73 Å². The summed E-state index contributed by atoms with van der Waals surface area (Å²) in [5.74, 6) is -0.148. The van der Waals surface area contributed by atoms with Crippen molar-refractivity contribution in [3.8, 4) is 11.4 Å². The zero-order valence-corrected chi connectivity index (χ0v) is 7.14. The minimum atomic E-state index is -0.509. The average molecular weight is 189 g/mol. The van der Waals surface area contributed by atoms with Gasteiger partial charge in [0.1, 0.15) is 0 Å². The van der Waals surface area contributed by atoms with E-state index in [1.54, 1.807) is 24.3 Å². The van der Waals surface area contributed by atoms with Crippen molar-refractivity contribution >= 4 is 5.91 Å². The van der Waals surface area contributed by atoms with Gasteiger partial charge >= 0.3 is 0 Å². The molecule has 0 aliphatic rings. The van der Waals surface area contributed by atoms with Crippen LogP contribution in [0.25, 0.3) is 11.4 Å². The minimum Gasteiger partial charge on any atom is -0.366 e. The smallest absolute Gasteiger partial charge is 0.249 e. The topological polar surface area (TPSA) is 97.5 Å². The molecule has 0 aliphatic carbocycles. The van der Waals surface area contributed by atoms with Crippen LogP contribution in [0.4, 0.5) is 0 Å². The minimum absolute atomic E-state index is 0.361.